The molecule has 1 amide bonds. The maximum Gasteiger partial charge on any atom is 0.277 e. The number of aryl methyl sites for hydroxylation is 2. The van der Waals surface area contributed by atoms with E-state index < -0.39 is 20.9 Å². The smallest absolute Gasteiger partial charge is 0.277 e. The van der Waals surface area contributed by atoms with E-state index in [0.29, 0.717) is 12.0 Å². The lowest BCUT2D eigenvalue weighted by atomic mass is 10.1. The van der Waals surface area contributed by atoms with E-state index in [4.69, 9.17) is 11.6 Å². The molecule has 0 radical (unpaired) electrons. The maximum atomic E-state index is 12.7. The van der Waals surface area contributed by atoms with Crippen molar-refractivity contribution < 1.29 is 13.2 Å². The van der Waals surface area contributed by atoms with Crippen molar-refractivity contribution in [2.75, 3.05) is 5.32 Å². The molecule has 2 aromatic heterocycles. The summed E-state index contributed by atoms with van der Waals surface area (Å²) in [6.07, 6.45) is 1.79. The number of nitrogens with zero attached hydrogens (tertiary/aromatic N) is 4. The van der Waals surface area contributed by atoms with Crippen molar-refractivity contribution in [3.8, 4) is 0 Å². The monoisotopic (exact) mass is 437 g/mol. The number of carbonyl (C=O) groups is 1. The summed E-state index contributed by atoms with van der Waals surface area (Å²) in [5.74, 6) is -0.961. The normalized spacial score (nSPS) is 11.4. The second-order valence-corrected chi connectivity index (χ2v) is 9.20. The number of hydrogen-bond acceptors (Lipinski definition) is 8. The Morgan fingerprint density at radius 3 is 2.68 bits per heavy atom. The van der Waals surface area contributed by atoms with Gasteiger partial charge < -0.3 is 0 Å². The van der Waals surface area contributed by atoms with Crippen LogP contribution in [0, 0.1) is 6.92 Å². The van der Waals surface area contributed by atoms with Crippen LogP contribution in [-0.2, 0) is 22.0 Å². The van der Waals surface area contributed by atoms with E-state index in [0.717, 1.165) is 16.8 Å². The molecule has 0 unspecified atom stereocenters. The Labute approximate surface area is 170 Å². The Morgan fingerprint density at radius 2 is 2.00 bits per heavy atom. The average molecular weight is 438 g/mol. The highest BCUT2D eigenvalue weighted by Crippen LogP contribution is 2.21. The van der Waals surface area contributed by atoms with Crippen LogP contribution in [0.25, 0.3) is 0 Å². The zero-order valence-corrected chi connectivity index (χ0v) is 17.4. The summed E-state index contributed by atoms with van der Waals surface area (Å²) in [4.78, 5) is 20.2. The standard InChI is InChI=1S/C17H16ClN5O3S2/c1-3-13-22-23-16(27-13)21-15(24)14-12(18)8-19-17(20-14)28(25,26)9-11-7-5-4-6-10(11)2/h4-8H,3,9H2,1-2H3,(H,21,23,24). The van der Waals surface area contributed by atoms with Crippen LogP contribution < -0.4 is 5.32 Å². The van der Waals surface area contributed by atoms with Crippen molar-refractivity contribution in [1.82, 2.24) is 20.2 Å². The SMILES string of the molecule is CCc1nnc(NC(=O)c2nc(S(=O)(=O)Cc3ccccc3C)ncc2Cl)s1. The zero-order chi connectivity index (χ0) is 20.3. The van der Waals surface area contributed by atoms with Gasteiger partial charge in [-0.2, -0.15) is 0 Å². The Morgan fingerprint density at radius 1 is 1.25 bits per heavy atom. The molecule has 2 heterocycles. The van der Waals surface area contributed by atoms with Crippen LogP contribution in [0.15, 0.2) is 35.6 Å². The molecule has 0 aliphatic carbocycles. The van der Waals surface area contributed by atoms with Crippen molar-refractivity contribution in [3.05, 3.63) is 57.3 Å². The molecule has 0 bridgehead atoms. The van der Waals surface area contributed by atoms with Crippen LogP contribution in [-0.4, -0.2) is 34.5 Å². The van der Waals surface area contributed by atoms with Gasteiger partial charge in [-0.05, 0) is 24.5 Å². The van der Waals surface area contributed by atoms with Crippen molar-refractivity contribution in [1.29, 1.82) is 0 Å². The van der Waals surface area contributed by atoms with Gasteiger partial charge in [-0.25, -0.2) is 18.4 Å². The van der Waals surface area contributed by atoms with E-state index >= 15 is 0 Å². The van der Waals surface area contributed by atoms with Crippen molar-refractivity contribution >= 4 is 43.8 Å². The number of rotatable bonds is 6. The molecule has 11 heteroatoms. The molecule has 3 aromatic rings. The summed E-state index contributed by atoms with van der Waals surface area (Å²) < 4.78 is 25.4. The summed E-state index contributed by atoms with van der Waals surface area (Å²) in [5.41, 5.74) is 1.22. The topological polar surface area (TPSA) is 115 Å². The van der Waals surface area contributed by atoms with E-state index in [-0.39, 0.29) is 21.6 Å². The van der Waals surface area contributed by atoms with E-state index in [2.05, 4.69) is 25.5 Å². The molecule has 0 aliphatic heterocycles. The molecule has 1 N–H and O–H groups in total. The third kappa shape index (κ3) is 4.51. The lowest BCUT2D eigenvalue weighted by molar-refractivity contribution is 0.102. The fourth-order valence-electron chi connectivity index (χ4n) is 2.30. The Kier molecular flexibility index (Phi) is 6.01. The summed E-state index contributed by atoms with van der Waals surface area (Å²) in [7, 11) is -3.87. The first-order valence-corrected chi connectivity index (χ1v) is 11.1. The van der Waals surface area contributed by atoms with Crippen LogP contribution in [0.2, 0.25) is 5.02 Å². The van der Waals surface area contributed by atoms with Crippen LogP contribution >= 0.6 is 22.9 Å². The first kappa shape index (κ1) is 20.3. The highest BCUT2D eigenvalue weighted by Gasteiger charge is 2.24. The third-order valence-corrected chi connectivity index (χ3v) is 6.52. The Balaban J connectivity index is 1.87. The second-order valence-electron chi connectivity index (χ2n) is 5.84. The largest absolute Gasteiger partial charge is 0.295 e. The summed E-state index contributed by atoms with van der Waals surface area (Å²) in [6.45, 7) is 3.73. The highest BCUT2D eigenvalue weighted by molar-refractivity contribution is 7.90. The van der Waals surface area contributed by atoms with Crippen LogP contribution in [0.5, 0.6) is 0 Å². The number of sulfone groups is 1. The molecule has 1 aromatic carbocycles. The Hall–Kier alpha value is -2.43. The van der Waals surface area contributed by atoms with Gasteiger partial charge in [0, 0.05) is 0 Å². The molecular formula is C17H16ClN5O3S2. The van der Waals surface area contributed by atoms with Gasteiger partial charge in [0.2, 0.25) is 20.1 Å². The average Bonchev–Trinajstić information content (AvgIpc) is 3.11. The molecule has 0 spiro atoms. The van der Waals surface area contributed by atoms with E-state index in [9.17, 15) is 13.2 Å². The summed E-state index contributed by atoms with van der Waals surface area (Å²) in [5, 5.41) is 10.8. The van der Waals surface area contributed by atoms with Crippen LogP contribution in [0.3, 0.4) is 0 Å². The van der Waals surface area contributed by atoms with E-state index in [1.807, 2.05) is 26.0 Å². The quantitative estimate of drug-likeness (QED) is 0.589. The summed E-state index contributed by atoms with van der Waals surface area (Å²) >= 11 is 7.23. The predicted molar refractivity (Wildman–Crippen MR) is 106 cm³/mol. The lowest BCUT2D eigenvalue weighted by Crippen LogP contribution is -2.18. The van der Waals surface area contributed by atoms with E-state index in [1.54, 1.807) is 12.1 Å². The molecule has 28 heavy (non-hydrogen) atoms. The second kappa shape index (κ2) is 8.29. The predicted octanol–water partition coefficient (Wildman–Crippen LogP) is 3.08. The molecule has 0 aliphatic rings. The van der Waals surface area contributed by atoms with Gasteiger partial charge >= 0.3 is 0 Å². The number of benzene rings is 1. The van der Waals surface area contributed by atoms with Gasteiger partial charge in [0.25, 0.3) is 5.91 Å². The fraction of sp³-hybridized carbons (Fsp3) is 0.235. The minimum atomic E-state index is -3.87. The Bertz CT molecular complexity index is 1130. The number of amides is 1. The molecule has 8 nitrogen and oxygen atoms in total. The minimum absolute atomic E-state index is 0.0624. The zero-order valence-electron chi connectivity index (χ0n) is 15.0. The van der Waals surface area contributed by atoms with Crippen LogP contribution in [0.4, 0.5) is 5.13 Å². The van der Waals surface area contributed by atoms with Gasteiger partial charge in [-0.1, -0.05) is 54.1 Å². The number of nitrogens with one attached hydrogen (secondary N) is 1. The number of aromatic nitrogens is 4. The van der Waals surface area contributed by atoms with Crippen molar-refractivity contribution in [2.45, 2.75) is 31.2 Å². The van der Waals surface area contributed by atoms with Gasteiger partial charge in [0.05, 0.1) is 17.0 Å². The van der Waals surface area contributed by atoms with Crippen molar-refractivity contribution in [3.63, 3.8) is 0 Å². The minimum Gasteiger partial charge on any atom is -0.295 e. The third-order valence-electron chi connectivity index (χ3n) is 3.81. The molecular weight excluding hydrogens is 422 g/mol. The lowest BCUT2D eigenvalue weighted by Gasteiger charge is -2.08. The van der Waals surface area contributed by atoms with Gasteiger partial charge in [-0.15, -0.1) is 10.2 Å². The molecule has 146 valence electrons. The molecule has 3 rings (SSSR count). The fourth-order valence-corrected chi connectivity index (χ4v) is 4.46. The van der Waals surface area contributed by atoms with Gasteiger partial charge in [0.15, 0.2) is 5.69 Å². The molecule has 0 saturated heterocycles. The number of carbonyl (C=O) groups excluding carboxylic acids is 1. The van der Waals surface area contributed by atoms with Gasteiger partial charge in [-0.3, -0.25) is 10.1 Å². The van der Waals surface area contributed by atoms with Crippen LogP contribution in [0.1, 0.15) is 33.5 Å². The molecule has 0 atom stereocenters. The maximum absolute atomic E-state index is 12.7. The summed E-state index contributed by atoms with van der Waals surface area (Å²) in [6, 6.07) is 7.12. The first-order chi connectivity index (χ1) is 13.3. The van der Waals surface area contributed by atoms with Crippen molar-refractivity contribution in [2.24, 2.45) is 0 Å². The molecule has 0 fully saturated rings. The molecule has 0 saturated carbocycles. The van der Waals surface area contributed by atoms with Gasteiger partial charge in [0.1, 0.15) is 5.01 Å². The number of hydrogen-bond donors (Lipinski definition) is 1. The highest BCUT2D eigenvalue weighted by atomic mass is 35.5. The van der Waals surface area contributed by atoms with E-state index in [1.165, 1.54) is 11.3 Å². The number of halogens is 1. The first-order valence-electron chi connectivity index (χ1n) is 8.23. The number of anilines is 1.